The van der Waals surface area contributed by atoms with Gasteiger partial charge in [0, 0.05) is 37.8 Å². The fourth-order valence-corrected chi connectivity index (χ4v) is 4.42. The summed E-state index contributed by atoms with van der Waals surface area (Å²) in [7, 11) is 0. The number of nitrogens with zero attached hydrogens (tertiary/aromatic N) is 4. The minimum Gasteiger partial charge on any atom is -0.383 e. The van der Waals surface area contributed by atoms with Gasteiger partial charge in [-0.3, -0.25) is 4.79 Å². The normalized spacial score (nSPS) is 15.3. The van der Waals surface area contributed by atoms with Gasteiger partial charge in [0.05, 0.1) is 5.39 Å². The van der Waals surface area contributed by atoms with Gasteiger partial charge in [0.15, 0.2) is 0 Å². The molecule has 1 aliphatic heterocycles. The first-order valence-corrected chi connectivity index (χ1v) is 9.97. The quantitative estimate of drug-likeness (QED) is 0.565. The Bertz CT molecular complexity index is 1220. The predicted molar refractivity (Wildman–Crippen MR) is 115 cm³/mol. The molecule has 2 aromatic heterocycles. The fourth-order valence-electron chi connectivity index (χ4n) is 4.42. The molecule has 6 heteroatoms. The van der Waals surface area contributed by atoms with E-state index in [4.69, 9.17) is 5.73 Å². The Morgan fingerprint density at radius 3 is 2.59 bits per heavy atom. The number of nitrogens with two attached hydrogens (primary N) is 1. The predicted octanol–water partition coefficient (Wildman–Crippen LogP) is 4.02. The molecule has 2 N–H and O–H groups in total. The van der Waals surface area contributed by atoms with E-state index in [0.29, 0.717) is 5.82 Å². The van der Waals surface area contributed by atoms with Crippen LogP contribution in [0, 0.1) is 0 Å². The van der Waals surface area contributed by atoms with Gasteiger partial charge in [0.1, 0.15) is 17.8 Å². The van der Waals surface area contributed by atoms with Gasteiger partial charge in [0.25, 0.3) is 0 Å². The molecule has 1 amide bonds. The van der Waals surface area contributed by atoms with Gasteiger partial charge in [0.2, 0.25) is 5.91 Å². The van der Waals surface area contributed by atoms with E-state index in [9.17, 15) is 4.79 Å². The molecule has 0 aliphatic carbocycles. The average Bonchev–Trinajstić information content (AvgIpc) is 3.14. The Labute approximate surface area is 169 Å². The van der Waals surface area contributed by atoms with Crippen molar-refractivity contribution in [2.45, 2.75) is 25.8 Å². The maximum Gasteiger partial charge on any atom is 0.219 e. The van der Waals surface area contributed by atoms with E-state index < -0.39 is 0 Å². The molecule has 2 aromatic carbocycles. The monoisotopic (exact) mass is 385 g/mol. The number of nitrogen functional groups attached to an aromatic ring is 1. The number of hydrogen-bond donors (Lipinski definition) is 1. The molecule has 1 aliphatic rings. The summed E-state index contributed by atoms with van der Waals surface area (Å²) in [5, 5.41) is 3.30. The van der Waals surface area contributed by atoms with Crippen LogP contribution >= 0.6 is 0 Å². The summed E-state index contributed by atoms with van der Waals surface area (Å²) >= 11 is 0. The van der Waals surface area contributed by atoms with Crippen molar-refractivity contribution in [3.8, 4) is 11.1 Å². The van der Waals surface area contributed by atoms with E-state index in [1.54, 1.807) is 6.92 Å². The molecular formula is C23H23N5O. The second-order valence-corrected chi connectivity index (χ2v) is 7.71. The Hall–Kier alpha value is -3.41. The Morgan fingerprint density at radius 2 is 1.83 bits per heavy atom. The number of benzene rings is 2. The van der Waals surface area contributed by atoms with Crippen LogP contribution in [0.3, 0.4) is 0 Å². The minimum absolute atomic E-state index is 0.143. The van der Waals surface area contributed by atoms with Crippen LogP contribution in [0.5, 0.6) is 0 Å². The molecule has 29 heavy (non-hydrogen) atoms. The van der Waals surface area contributed by atoms with E-state index in [-0.39, 0.29) is 11.9 Å². The van der Waals surface area contributed by atoms with E-state index in [1.165, 1.54) is 17.1 Å². The highest BCUT2D eigenvalue weighted by atomic mass is 16.2. The van der Waals surface area contributed by atoms with Crippen LogP contribution in [0.25, 0.3) is 32.9 Å². The number of rotatable bonds is 2. The second-order valence-electron chi connectivity index (χ2n) is 7.71. The SMILES string of the molecule is CC(=O)N1CCC(n2cc(-c3ccc4ccccc4c3)c3c(N)ncnc32)CC1. The molecule has 146 valence electrons. The van der Waals surface area contributed by atoms with E-state index in [0.717, 1.165) is 48.1 Å². The van der Waals surface area contributed by atoms with Crippen LogP contribution in [0.1, 0.15) is 25.8 Å². The average molecular weight is 385 g/mol. The summed E-state index contributed by atoms with van der Waals surface area (Å²) < 4.78 is 2.23. The molecule has 0 unspecified atom stereocenters. The first-order valence-electron chi connectivity index (χ1n) is 9.97. The number of carbonyl (C=O) groups is 1. The summed E-state index contributed by atoms with van der Waals surface area (Å²) in [4.78, 5) is 22.4. The summed E-state index contributed by atoms with van der Waals surface area (Å²) in [6.45, 7) is 3.17. The van der Waals surface area contributed by atoms with Gasteiger partial charge in [-0.2, -0.15) is 0 Å². The van der Waals surface area contributed by atoms with E-state index in [2.05, 4.69) is 57.1 Å². The third-order valence-electron chi connectivity index (χ3n) is 6.00. The van der Waals surface area contributed by atoms with Gasteiger partial charge in [-0.25, -0.2) is 9.97 Å². The molecule has 6 nitrogen and oxygen atoms in total. The third-order valence-corrected chi connectivity index (χ3v) is 6.00. The Kier molecular flexibility index (Phi) is 4.19. The lowest BCUT2D eigenvalue weighted by molar-refractivity contribution is -0.130. The summed E-state index contributed by atoms with van der Waals surface area (Å²) in [5.74, 6) is 0.641. The van der Waals surface area contributed by atoms with Crippen LogP contribution in [-0.2, 0) is 4.79 Å². The van der Waals surface area contributed by atoms with Crippen LogP contribution < -0.4 is 5.73 Å². The minimum atomic E-state index is 0.143. The van der Waals surface area contributed by atoms with Crippen molar-refractivity contribution in [1.82, 2.24) is 19.4 Å². The van der Waals surface area contributed by atoms with E-state index in [1.807, 2.05) is 11.0 Å². The molecule has 1 fully saturated rings. The molecule has 5 rings (SSSR count). The Morgan fingerprint density at radius 1 is 1.07 bits per heavy atom. The number of hydrogen-bond acceptors (Lipinski definition) is 4. The molecule has 0 spiro atoms. The summed E-state index contributed by atoms with van der Waals surface area (Å²) in [6, 6.07) is 15.1. The Balaban J connectivity index is 1.62. The van der Waals surface area contributed by atoms with Crippen molar-refractivity contribution < 1.29 is 4.79 Å². The van der Waals surface area contributed by atoms with Crippen LogP contribution in [0.4, 0.5) is 5.82 Å². The lowest BCUT2D eigenvalue weighted by atomic mass is 10.0. The van der Waals surface area contributed by atoms with Crippen LogP contribution in [-0.4, -0.2) is 38.4 Å². The van der Waals surface area contributed by atoms with Gasteiger partial charge in [-0.15, -0.1) is 0 Å². The van der Waals surface area contributed by atoms with E-state index >= 15 is 0 Å². The van der Waals surface area contributed by atoms with Crippen LogP contribution in [0.2, 0.25) is 0 Å². The zero-order valence-corrected chi connectivity index (χ0v) is 16.4. The topological polar surface area (TPSA) is 77.0 Å². The number of aromatic nitrogens is 3. The van der Waals surface area contributed by atoms with Crippen molar-refractivity contribution in [1.29, 1.82) is 0 Å². The van der Waals surface area contributed by atoms with Gasteiger partial charge in [-0.05, 0) is 35.2 Å². The number of carbonyl (C=O) groups excluding carboxylic acids is 1. The number of likely N-dealkylation sites (tertiary alicyclic amines) is 1. The number of piperidine rings is 1. The molecule has 4 aromatic rings. The van der Waals surface area contributed by atoms with Gasteiger partial charge < -0.3 is 15.2 Å². The van der Waals surface area contributed by atoms with Crippen molar-refractivity contribution in [3.05, 3.63) is 55.0 Å². The third kappa shape index (κ3) is 3.01. The zero-order valence-electron chi connectivity index (χ0n) is 16.4. The van der Waals surface area contributed by atoms with Crippen molar-refractivity contribution in [2.24, 2.45) is 0 Å². The highest BCUT2D eigenvalue weighted by molar-refractivity contribution is 6.02. The molecule has 0 atom stereocenters. The highest BCUT2D eigenvalue weighted by Gasteiger charge is 2.25. The zero-order chi connectivity index (χ0) is 20.0. The molecule has 3 heterocycles. The molecular weight excluding hydrogens is 362 g/mol. The van der Waals surface area contributed by atoms with Crippen LogP contribution in [0.15, 0.2) is 55.0 Å². The lowest BCUT2D eigenvalue weighted by Crippen LogP contribution is -2.37. The first-order chi connectivity index (χ1) is 14.1. The number of fused-ring (bicyclic) bond motifs is 2. The van der Waals surface area contributed by atoms with Crippen molar-refractivity contribution in [3.63, 3.8) is 0 Å². The fraction of sp³-hybridized carbons (Fsp3) is 0.261. The van der Waals surface area contributed by atoms with Crippen molar-refractivity contribution in [2.75, 3.05) is 18.8 Å². The number of amides is 1. The largest absolute Gasteiger partial charge is 0.383 e. The molecule has 1 saturated heterocycles. The maximum atomic E-state index is 11.7. The molecule has 0 radical (unpaired) electrons. The maximum absolute atomic E-state index is 11.7. The van der Waals surface area contributed by atoms with Gasteiger partial charge in [-0.1, -0.05) is 36.4 Å². The first kappa shape index (κ1) is 17.7. The highest BCUT2D eigenvalue weighted by Crippen LogP contribution is 2.37. The van der Waals surface area contributed by atoms with Gasteiger partial charge >= 0.3 is 0 Å². The molecule has 0 saturated carbocycles. The second kappa shape index (κ2) is 6.88. The van der Waals surface area contributed by atoms with Crippen molar-refractivity contribution >= 4 is 33.5 Å². The number of anilines is 1. The smallest absolute Gasteiger partial charge is 0.219 e. The summed E-state index contributed by atoms with van der Waals surface area (Å²) in [6.07, 6.45) is 5.51. The standard InChI is InChI=1S/C23H23N5O/c1-15(29)27-10-8-19(9-11-27)28-13-20(21-22(24)25-14-26-23(21)28)18-7-6-16-4-2-3-5-17(16)12-18/h2-7,12-14,19H,8-11H2,1H3,(H2,24,25,26). The molecule has 0 bridgehead atoms. The summed E-state index contributed by atoms with van der Waals surface area (Å²) in [5.41, 5.74) is 9.32. The lowest BCUT2D eigenvalue weighted by Gasteiger charge is -2.32.